The number of thioether (sulfide) groups is 1. The second-order valence-corrected chi connectivity index (χ2v) is 5.73. The fourth-order valence-corrected chi connectivity index (χ4v) is 2.59. The summed E-state index contributed by atoms with van der Waals surface area (Å²) in [5, 5.41) is 0. The Morgan fingerprint density at radius 3 is 2.06 bits per heavy atom. The van der Waals surface area contributed by atoms with Crippen LogP contribution in [-0.2, 0) is 12.3 Å². The van der Waals surface area contributed by atoms with Crippen molar-refractivity contribution in [3.05, 3.63) is 64.1 Å². The average Bonchev–Trinajstić information content (AvgIpc) is 2.39. The van der Waals surface area contributed by atoms with E-state index in [0.717, 1.165) is 10.2 Å². The Bertz CT molecular complexity index is 465. The summed E-state index contributed by atoms with van der Waals surface area (Å²) in [6.07, 6.45) is 0. The van der Waals surface area contributed by atoms with Gasteiger partial charge in [-0.1, -0.05) is 40.2 Å². The van der Waals surface area contributed by atoms with Crippen molar-refractivity contribution in [2.24, 2.45) is 5.73 Å². The summed E-state index contributed by atoms with van der Waals surface area (Å²) in [4.78, 5) is 1.28. The van der Waals surface area contributed by atoms with Crippen LogP contribution < -0.4 is 5.73 Å². The Hall–Kier alpha value is -0.770. The zero-order valence-corrected chi connectivity index (χ0v) is 11.8. The zero-order valence-electron chi connectivity index (χ0n) is 9.40. The molecule has 0 saturated carbocycles. The van der Waals surface area contributed by atoms with Crippen LogP contribution in [0.15, 0.2) is 57.9 Å². The highest BCUT2D eigenvalue weighted by molar-refractivity contribution is 9.10. The van der Waals surface area contributed by atoms with Gasteiger partial charge in [0.05, 0.1) is 0 Å². The van der Waals surface area contributed by atoms with Gasteiger partial charge in [0.25, 0.3) is 0 Å². The third-order valence-electron chi connectivity index (χ3n) is 2.48. The minimum atomic E-state index is 0.609. The Balaban J connectivity index is 1.95. The van der Waals surface area contributed by atoms with Crippen molar-refractivity contribution in [3.63, 3.8) is 0 Å². The van der Waals surface area contributed by atoms with Crippen LogP contribution in [0.4, 0.5) is 0 Å². The lowest BCUT2D eigenvalue weighted by atomic mass is 10.2. The van der Waals surface area contributed by atoms with Gasteiger partial charge in [0.2, 0.25) is 0 Å². The second-order valence-electron chi connectivity index (χ2n) is 3.76. The van der Waals surface area contributed by atoms with Gasteiger partial charge in [-0.3, -0.25) is 0 Å². The molecule has 88 valence electrons. The van der Waals surface area contributed by atoms with Crippen molar-refractivity contribution in [1.82, 2.24) is 0 Å². The Kier molecular flexibility index (Phi) is 4.66. The van der Waals surface area contributed by atoms with E-state index in [1.807, 2.05) is 11.8 Å². The van der Waals surface area contributed by atoms with Gasteiger partial charge in [0, 0.05) is 21.7 Å². The predicted octanol–water partition coefficient (Wildman–Crippen LogP) is 4.20. The molecule has 0 aliphatic rings. The molecule has 3 heteroatoms. The van der Waals surface area contributed by atoms with Gasteiger partial charge < -0.3 is 5.73 Å². The molecule has 0 spiro atoms. The molecule has 0 amide bonds. The zero-order chi connectivity index (χ0) is 12.1. The van der Waals surface area contributed by atoms with E-state index >= 15 is 0 Å². The van der Waals surface area contributed by atoms with Crippen LogP contribution in [0.3, 0.4) is 0 Å². The molecule has 0 heterocycles. The van der Waals surface area contributed by atoms with Crippen LogP contribution in [0.1, 0.15) is 11.1 Å². The second kappa shape index (κ2) is 6.24. The summed E-state index contributed by atoms with van der Waals surface area (Å²) in [6.45, 7) is 0.609. The van der Waals surface area contributed by atoms with Crippen molar-refractivity contribution < 1.29 is 0 Å². The lowest BCUT2D eigenvalue weighted by Gasteiger charge is -2.03. The molecule has 2 rings (SSSR count). The topological polar surface area (TPSA) is 26.0 Å². The van der Waals surface area contributed by atoms with Gasteiger partial charge in [-0.05, 0) is 35.4 Å². The number of hydrogen-bond donors (Lipinski definition) is 1. The van der Waals surface area contributed by atoms with E-state index in [-0.39, 0.29) is 0 Å². The highest BCUT2D eigenvalue weighted by Gasteiger charge is 1.97. The fourth-order valence-electron chi connectivity index (χ4n) is 1.47. The fraction of sp³-hybridized carbons (Fsp3) is 0.143. The van der Waals surface area contributed by atoms with Crippen LogP contribution in [0.25, 0.3) is 0 Å². The van der Waals surface area contributed by atoms with E-state index in [2.05, 4.69) is 64.5 Å². The van der Waals surface area contributed by atoms with Gasteiger partial charge in [-0.15, -0.1) is 11.8 Å². The Labute approximate surface area is 115 Å². The first-order chi connectivity index (χ1) is 8.28. The minimum absolute atomic E-state index is 0.609. The summed E-state index contributed by atoms with van der Waals surface area (Å²) in [5.74, 6) is 0.995. The molecule has 2 N–H and O–H groups in total. The molecule has 0 unspecified atom stereocenters. The predicted molar refractivity (Wildman–Crippen MR) is 78.0 cm³/mol. The molecule has 0 fully saturated rings. The normalized spacial score (nSPS) is 10.5. The van der Waals surface area contributed by atoms with Crippen molar-refractivity contribution in [1.29, 1.82) is 0 Å². The lowest BCUT2D eigenvalue weighted by Crippen LogP contribution is -1.94. The monoisotopic (exact) mass is 307 g/mol. The summed E-state index contributed by atoms with van der Waals surface area (Å²) in [7, 11) is 0. The van der Waals surface area contributed by atoms with E-state index in [1.54, 1.807) is 0 Å². The molecule has 2 aromatic rings. The minimum Gasteiger partial charge on any atom is -0.326 e. The summed E-state index contributed by atoms with van der Waals surface area (Å²) >= 11 is 5.28. The standard InChI is InChI=1S/C14H14BrNS/c15-13-5-1-12(2-6-13)10-17-14-7-3-11(9-16)4-8-14/h1-8H,9-10,16H2. The van der Waals surface area contributed by atoms with Gasteiger partial charge in [-0.2, -0.15) is 0 Å². The molecule has 0 bridgehead atoms. The highest BCUT2D eigenvalue weighted by atomic mass is 79.9. The molecular weight excluding hydrogens is 294 g/mol. The molecular formula is C14H14BrNS. The molecule has 0 radical (unpaired) electrons. The largest absolute Gasteiger partial charge is 0.326 e. The Morgan fingerprint density at radius 2 is 1.47 bits per heavy atom. The van der Waals surface area contributed by atoms with E-state index in [9.17, 15) is 0 Å². The molecule has 0 saturated heterocycles. The first-order valence-electron chi connectivity index (χ1n) is 5.44. The number of nitrogens with two attached hydrogens (primary N) is 1. The number of hydrogen-bond acceptors (Lipinski definition) is 2. The average molecular weight is 308 g/mol. The number of rotatable bonds is 4. The maximum Gasteiger partial charge on any atom is 0.0232 e. The SMILES string of the molecule is NCc1ccc(SCc2ccc(Br)cc2)cc1. The third-order valence-corrected chi connectivity index (χ3v) is 4.09. The lowest BCUT2D eigenvalue weighted by molar-refractivity contribution is 1.07. The van der Waals surface area contributed by atoms with Gasteiger partial charge in [-0.25, -0.2) is 0 Å². The smallest absolute Gasteiger partial charge is 0.0232 e. The van der Waals surface area contributed by atoms with Crippen LogP contribution in [0, 0.1) is 0 Å². The van der Waals surface area contributed by atoms with Crippen molar-refractivity contribution in [3.8, 4) is 0 Å². The Morgan fingerprint density at radius 1 is 0.882 bits per heavy atom. The van der Waals surface area contributed by atoms with E-state index in [4.69, 9.17) is 5.73 Å². The van der Waals surface area contributed by atoms with Crippen molar-refractivity contribution in [2.75, 3.05) is 0 Å². The van der Waals surface area contributed by atoms with E-state index in [1.165, 1.54) is 16.0 Å². The maximum absolute atomic E-state index is 5.57. The molecule has 0 aromatic heterocycles. The quantitative estimate of drug-likeness (QED) is 0.857. The molecule has 1 nitrogen and oxygen atoms in total. The maximum atomic E-state index is 5.57. The van der Waals surface area contributed by atoms with Gasteiger partial charge >= 0.3 is 0 Å². The summed E-state index contributed by atoms with van der Waals surface area (Å²) in [5.41, 5.74) is 8.08. The van der Waals surface area contributed by atoms with Gasteiger partial charge in [0.15, 0.2) is 0 Å². The van der Waals surface area contributed by atoms with Crippen molar-refractivity contribution in [2.45, 2.75) is 17.2 Å². The highest BCUT2D eigenvalue weighted by Crippen LogP contribution is 2.23. The van der Waals surface area contributed by atoms with Crippen LogP contribution in [0.2, 0.25) is 0 Å². The summed E-state index contributed by atoms with van der Waals surface area (Å²) < 4.78 is 1.12. The van der Waals surface area contributed by atoms with E-state index < -0.39 is 0 Å². The van der Waals surface area contributed by atoms with Crippen LogP contribution in [-0.4, -0.2) is 0 Å². The first-order valence-corrected chi connectivity index (χ1v) is 7.22. The summed E-state index contributed by atoms with van der Waals surface area (Å²) in [6, 6.07) is 16.9. The van der Waals surface area contributed by atoms with Crippen LogP contribution in [0.5, 0.6) is 0 Å². The third kappa shape index (κ3) is 3.87. The molecule has 17 heavy (non-hydrogen) atoms. The van der Waals surface area contributed by atoms with Crippen LogP contribution >= 0.6 is 27.7 Å². The van der Waals surface area contributed by atoms with E-state index in [0.29, 0.717) is 6.54 Å². The molecule has 2 aromatic carbocycles. The first kappa shape index (κ1) is 12.7. The molecule has 0 aliphatic carbocycles. The number of benzene rings is 2. The molecule has 0 aliphatic heterocycles. The van der Waals surface area contributed by atoms with Crippen molar-refractivity contribution >= 4 is 27.7 Å². The molecule has 0 atom stereocenters. The van der Waals surface area contributed by atoms with Gasteiger partial charge in [0.1, 0.15) is 0 Å². The number of halogens is 1.